The molecule has 3 rings (SSSR count). The third kappa shape index (κ3) is 30.2. The smallest absolute Gasteiger partial charge is 0.333 e. The molecule has 2 aliphatic rings. The van der Waals surface area contributed by atoms with E-state index in [-0.39, 0.29) is 6.29 Å². The molecule has 2 aliphatic heterocycles. The Hall–Kier alpha value is -2.24. The van der Waals surface area contributed by atoms with Gasteiger partial charge < -0.3 is 68.4 Å². The Morgan fingerprint density at radius 1 is 0.615 bits per heavy atom. The van der Waals surface area contributed by atoms with E-state index in [2.05, 4.69) is 90.8 Å². The molecule has 1 aromatic rings. The normalized spacial score (nSPS) is 24.8. The van der Waals surface area contributed by atoms with Crippen LogP contribution in [0.15, 0.2) is 54.8 Å². The molecule has 1 aromatic heterocycles. The van der Waals surface area contributed by atoms with E-state index in [0.717, 1.165) is 77.4 Å². The molecule has 0 aromatic carbocycles. The molecule has 11 unspecified atom stereocenters. The SMILES string of the molecule is CCCCC/C=C\C/C=C\CCCCCCCCOC(CCCCCCC/C=C\C/C=C\CCCCC)O[Si](C)(C)OCCCCCCN(C)Cc1cn(C2C(O)OC(COC3OC(CO)C(O)C(O)C3O)C(O)C2O)nn1. The first-order chi connectivity index (χ1) is 37.8. The maximum atomic E-state index is 11.0. The summed E-state index contributed by atoms with van der Waals surface area (Å²) in [6.07, 6.45) is 39.4. The van der Waals surface area contributed by atoms with Crippen molar-refractivity contribution in [2.45, 2.75) is 281 Å². The average molecular weight is 1120 g/mol. The van der Waals surface area contributed by atoms with E-state index in [9.17, 15) is 35.7 Å². The van der Waals surface area contributed by atoms with Gasteiger partial charge in [-0.25, -0.2) is 4.68 Å². The van der Waals surface area contributed by atoms with Crippen LogP contribution in [0.4, 0.5) is 0 Å². The molecule has 11 atom stereocenters. The molecule has 2 saturated heterocycles. The number of aromatic nitrogens is 3. The van der Waals surface area contributed by atoms with E-state index >= 15 is 0 Å². The summed E-state index contributed by atoms with van der Waals surface area (Å²) in [5.41, 5.74) is 0.610. The Balaban J connectivity index is 1.33. The van der Waals surface area contributed by atoms with Gasteiger partial charge in [0, 0.05) is 19.8 Å². The highest BCUT2D eigenvalue weighted by Crippen LogP contribution is 2.30. The van der Waals surface area contributed by atoms with E-state index in [4.69, 9.17) is 27.8 Å². The van der Waals surface area contributed by atoms with E-state index in [1.165, 1.54) is 120 Å². The lowest BCUT2D eigenvalue weighted by molar-refractivity contribution is -0.320. The quantitative estimate of drug-likeness (QED) is 0.0139. The molecule has 452 valence electrons. The van der Waals surface area contributed by atoms with Crippen LogP contribution >= 0.6 is 0 Å². The molecule has 0 amide bonds. The van der Waals surface area contributed by atoms with Gasteiger partial charge in [0.05, 0.1) is 25.1 Å². The van der Waals surface area contributed by atoms with Crippen molar-refractivity contribution in [2.24, 2.45) is 0 Å². The fraction of sp³-hybridized carbons (Fsp3) is 0.833. The Labute approximate surface area is 471 Å². The van der Waals surface area contributed by atoms with Gasteiger partial charge in [0.15, 0.2) is 12.6 Å². The zero-order valence-electron chi connectivity index (χ0n) is 49.0. The first-order valence-corrected chi connectivity index (χ1v) is 33.4. The standard InChI is InChI=1S/C60H110N4O13Si/c1-6-8-10-12-14-16-18-20-22-24-26-28-30-32-35-39-43-72-52(41-37-33-31-29-27-25-23-21-19-17-15-13-11-9-7-2)77-78(4,5)74-44-40-36-34-38-42-63(3)45-49-46-64(62-61-49)53-56(68)55(67)51(75-59(53)71)48-73-60-58(70)57(69)54(66)50(47-65)76-60/h14-17,20-23,46,50-60,65-71H,6-13,18-19,24-45,47-48H2,1-5H3/b16-14-,17-15-,22-20-,23-21-. The van der Waals surface area contributed by atoms with Crippen molar-refractivity contribution < 1.29 is 63.5 Å². The Morgan fingerprint density at radius 2 is 1.14 bits per heavy atom. The lowest BCUT2D eigenvalue weighted by Gasteiger charge is -2.42. The van der Waals surface area contributed by atoms with Gasteiger partial charge in [-0.1, -0.05) is 151 Å². The molecule has 2 fully saturated rings. The summed E-state index contributed by atoms with van der Waals surface area (Å²) in [6, 6.07) is -1.17. The van der Waals surface area contributed by atoms with Gasteiger partial charge >= 0.3 is 8.56 Å². The van der Waals surface area contributed by atoms with Gasteiger partial charge in [-0.05, 0) is 123 Å². The number of nitrogens with zero attached hydrogens (tertiary/aromatic N) is 4. The molecule has 3 heterocycles. The summed E-state index contributed by atoms with van der Waals surface area (Å²) in [7, 11) is -0.432. The zero-order valence-corrected chi connectivity index (χ0v) is 50.0. The van der Waals surface area contributed by atoms with Gasteiger partial charge in [-0.2, -0.15) is 0 Å². The predicted molar refractivity (Wildman–Crippen MR) is 309 cm³/mol. The Bertz CT molecular complexity index is 1720. The molecule has 0 bridgehead atoms. The fourth-order valence-corrected chi connectivity index (χ4v) is 11.3. The van der Waals surface area contributed by atoms with E-state index in [1.54, 1.807) is 6.20 Å². The summed E-state index contributed by atoms with van der Waals surface area (Å²) in [6.45, 7) is 10.4. The summed E-state index contributed by atoms with van der Waals surface area (Å²) >= 11 is 0. The zero-order chi connectivity index (χ0) is 56.6. The second-order valence-corrected chi connectivity index (χ2v) is 25.5. The second-order valence-electron chi connectivity index (χ2n) is 22.2. The van der Waals surface area contributed by atoms with Crippen LogP contribution in [0.1, 0.15) is 205 Å². The van der Waals surface area contributed by atoms with Gasteiger partial charge in [0.1, 0.15) is 55.1 Å². The third-order valence-corrected chi connectivity index (χ3v) is 16.3. The van der Waals surface area contributed by atoms with Gasteiger partial charge in [0.2, 0.25) is 0 Å². The first-order valence-electron chi connectivity index (χ1n) is 30.6. The maximum absolute atomic E-state index is 11.0. The van der Waals surface area contributed by atoms with Crippen molar-refractivity contribution in [1.29, 1.82) is 0 Å². The van der Waals surface area contributed by atoms with Crippen LogP contribution in [0.2, 0.25) is 13.1 Å². The Kier molecular flexibility index (Phi) is 39.0. The fourth-order valence-electron chi connectivity index (χ4n) is 9.75. The third-order valence-electron chi connectivity index (χ3n) is 14.6. The van der Waals surface area contributed by atoms with Crippen LogP contribution in [0.5, 0.6) is 0 Å². The molecule has 17 nitrogen and oxygen atoms in total. The van der Waals surface area contributed by atoms with Crippen LogP contribution in [-0.2, 0) is 34.3 Å². The maximum Gasteiger partial charge on any atom is 0.333 e. The second kappa shape index (κ2) is 43.4. The minimum Gasteiger partial charge on any atom is -0.394 e. The number of allylic oxidation sites excluding steroid dienone is 8. The van der Waals surface area contributed by atoms with Crippen LogP contribution < -0.4 is 0 Å². The average Bonchev–Trinajstić information content (AvgIpc) is 3.91. The summed E-state index contributed by atoms with van der Waals surface area (Å²) in [5, 5.41) is 80.9. The van der Waals surface area contributed by atoms with Crippen molar-refractivity contribution in [1.82, 2.24) is 19.9 Å². The van der Waals surface area contributed by atoms with E-state index in [0.29, 0.717) is 18.8 Å². The molecule has 0 spiro atoms. The van der Waals surface area contributed by atoms with Crippen molar-refractivity contribution in [3.05, 3.63) is 60.5 Å². The molecule has 0 saturated carbocycles. The molecule has 18 heteroatoms. The highest BCUT2D eigenvalue weighted by atomic mass is 28.4. The minimum atomic E-state index is -2.43. The first kappa shape index (κ1) is 70.0. The largest absolute Gasteiger partial charge is 0.394 e. The molecule has 78 heavy (non-hydrogen) atoms. The number of unbranched alkanes of at least 4 members (excludes halogenated alkanes) is 20. The summed E-state index contributed by atoms with van der Waals surface area (Å²) in [5.74, 6) is 0. The number of ether oxygens (including phenoxy) is 4. The summed E-state index contributed by atoms with van der Waals surface area (Å²) < 4.78 is 37.3. The Morgan fingerprint density at radius 3 is 1.73 bits per heavy atom. The lowest BCUT2D eigenvalue weighted by atomic mass is 9.97. The molecule has 0 radical (unpaired) electrons. The van der Waals surface area contributed by atoms with Crippen molar-refractivity contribution in [3.63, 3.8) is 0 Å². The van der Waals surface area contributed by atoms with Gasteiger partial charge in [-0.3, -0.25) is 0 Å². The number of hydrogen-bond donors (Lipinski definition) is 7. The van der Waals surface area contributed by atoms with Crippen LogP contribution in [-0.4, -0.2) is 166 Å². The minimum absolute atomic E-state index is 0.231. The van der Waals surface area contributed by atoms with Crippen molar-refractivity contribution in [3.8, 4) is 0 Å². The number of rotatable bonds is 47. The number of aliphatic hydroxyl groups excluding tert-OH is 7. The number of aliphatic hydroxyl groups is 7. The van der Waals surface area contributed by atoms with E-state index < -0.39 is 83.1 Å². The highest BCUT2D eigenvalue weighted by molar-refractivity contribution is 6.64. The topological polar surface area (TPSA) is 231 Å². The summed E-state index contributed by atoms with van der Waals surface area (Å²) in [4.78, 5) is 2.13. The highest BCUT2D eigenvalue weighted by Gasteiger charge is 2.48. The monoisotopic (exact) mass is 1120 g/mol. The van der Waals surface area contributed by atoms with Crippen molar-refractivity contribution >= 4 is 8.56 Å². The molecule has 7 N–H and O–H groups in total. The van der Waals surface area contributed by atoms with E-state index in [1.807, 2.05) is 7.05 Å². The van der Waals surface area contributed by atoms with Crippen molar-refractivity contribution in [2.75, 3.05) is 40.0 Å². The molecular formula is C60H110N4O13Si. The van der Waals surface area contributed by atoms with Crippen LogP contribution in [0, 0.1) is 0 Å². The lowest BCUT2D eigenvalue weighted by Crippen LogP contribution is -2.60. The van der Waals surface area contributed by atoms with Crippen LogP contribution in [0.25, 0.3) is 0 Å². The molecule has 0 aliphatic carbocycles. The van der Waals surface area contributed by atoms with Gasteiger partial charge in [-0.15, -0.1) is 5.10 Å². The predicted octanol–water partition coefficient (Wildman–Crippen LogP) is 9.77. The molecular weight excluding hydrogens is 1010 g/mol. The van der Waals surface area contributed by atoms with Gasteiger partial charge in [0.25, 0.3) is 0 Å². The van der Waals surface area contributed by atoms with Crippen LogP contribution in [0.3, 0.4) is 0 Å². The number of hydrogen-bond acceptors (Lipinski definition) is 16.